The Hall–Kier alpha value is -3.21. The molecule has 1 aromatic rings. The fraction of sp³-hybridized carbons (Fsp3) is 0.409. The number of hydrogen-bond acceptors (Lipinski definition) is 9. The number of aromatic hydroxyl groups is 1. The van der Waals surface area contributed by atoms with Gasteiger partial charge in [0.1, 0.15) is 22.8 Å². The molecule has 0 aromatic heterocycles. The van der Waals surface area contributed by atoms with E-state index in [-0.39, 0.29) is 11.3 Å². The van der Waals surface area contributed by atoms with Gasteiger partial charge in [-0.05, 0) is 31.6 Å². The summed E-state index contributed by atoms with van der Waals surface area (Å²) in [6, 6.07) is 3.20. The number of phenols is 1. The van der Waals surface area contributed by atoms with E-state index < -0.39 is 75.6 Å². The number of ketones is 2. The molecule has 0 aliphatic heterocycles. The van der Waals surface area contributed by atoms with Crippen LogP contribution < -0.4 is 5.73 Å². The number of fused-ring (bicyclic) bond motifs is 3. The standard InChI is InChI=1S/C22H24N2O8/c1-7-8-5-4-6-9(25)11(8)16(26)12-10(7)17(27)14-15(24(2)3)18(28)13(21(23)31)20(30)22(14,32)19(12)29/h4-7,10,14-15,17,25-28,32H,1-3H3,(H2,23,31)/t7-,10+,14+,15-,17-,22-/m0/s1. The van der Waals surface area contributed by atoms with Crippen LogP contribution in [0.3, 0.4) is 0 Å². The number of amides is 1. The van der Waals surface area contributed by atoms with E-state index in [1.807, 2.05) is 0 Å². The molecule has 0 spiro atoms. The van der Waals surface area contributed by atoms with E-state index in [4.69, 9.17) is 5.73 Å². The zero-order valence-corrected chi connectivity index (χ0v) is 17.6. The van der Waals surface area contributed by atoms with Gasteiger partial charge >= 0.3 is 0 Å². The maximum absolute atomic E-state index is 13.6. The Morgan fingerprint density at radius 1 is 1.12 bits per heavy atom. The van der Waals surface area contributed by atoms with Gasteiger partial charge in [-0.25, -0.2) is 0 Å². The maximum atomic E-state index is 13.6. The summed E-state index contributed by atoms with van der Waals surface area (Å²) in [4.78, 5) is 40.1. The number of likely N-dealkylation sites (N-methyl/N-ethyl adjacent to an activating group) is 1. The van der Waals surface area contributed by atoms with Crippen LogP contribution in [-0.2, 0) is 14.4 Å². The Labute approximate surface area is 182 Å². The van der Waals surface area contributed by atoms with Gasteiger partial charge in [0, 0.05) is 11.5 Å². The zero-order valence-electron chi connectivity index (χ0n) is 17.6. The Morgan fingerprint density at radius 2 is 1.75 bits per heavy atom. The highest BCUT2D eigenvalue weighted by atomic mass is 16.3. The Morgan fingerprint density at radius 3 is 2.31 bits per heavy atom. The number of phenolic OH excluding ortho intramolecular Hbond substituents is 1. The smallest absolute Gasteiger partial charge is 0.255 e. The van der Waals surface area contributed by atoms with E-state index in [1.54, 1.807) is 19.1 Å². The van der Waals surface area contributed by atoms with Crippen LogP contribution in [0.1, 0.15) is 24.0 Å². The number of aliphatic hydroxyl groups excluding tert-OH is 3. The summed E-state index contributed by atoms with van der Waals surface area (Å²) in [6.07, 6.45) is -1.59. The molecule has 0 radical (unpaired) electrons. The van der Waals surface area contributed by atoms with Gasteiger partial charge in [0.15, 0.2) is 5.60 Å². The normalized spacial score (nSPS) is 34.4. The number of primary amides is 1. The van der Waals surface area contributed by atoms with Gasteiger partial charge in [-0.2, -0.15) is 0 Å². The highest BCUT2D eigenvalue weighted by Gasteiger charge is 2.68. The first-order valence-corrected chi connectivity index (χ1v) is 10.0. The van der Waals surface area contributed by atoms with E-state index in [1.165, 1.54) is 25.1 Å². The minimum Gasteiger partial charge on any atom is -0.510 e. The number of nitrogens with two attached hydrogens (primary N) is 1. The first kappa shape index (κ1) is 22.0. The van der Waals surface area contributed by atoms with Gasteiger partial charge in [0.05, 0.1) is 23.6 Å². The van der Waals surface area contributed by atoms with Gasteiger partial charge < -0.3 is 31.3 Å². The van der Waals surface area contributed by atoms with Gasteiger partial charge in [-0.3, -0.25) is 19.3 Å². The van der Waals surface area contributed by atoms with Crippen LogP contribution in [0.25, 0.3) is 5.76 Å². The lowest BCUT2D eigenvalue weighted by Crippen LogP contribution is -2.71. The fourth-order valence-electron chi connectivity index (χ4n) is 5.58. The van der Waals surface area contributed by atoms with Crippen LogP contribution in [0.4, 0.5) is 0 Å². The van der Waals surface area contributed by atoms with Crippen molar-refractivity contribution in [3.05, 3.63) is 46.2 Å². The van der Waals surface area contributed by atoms with Crippen molar-refractivity contribution in [2.24, 2.45) is 17.6 Å². The van der Waals surface area contributed by atoms with Crippen molar-refractivity contribution in [3.8, 4) is 5.75 Å². The lowest BCUT2D eigenvalue weighted by Gasteiger charge is -2.53. The highest BCUT2D eigenvalue weighted by molar-refractivity contribution is 6.33. The Kier molecular flexibility index (Phi) is 4.74. The molecule has 10 heteroatoms. The Balaban J connectivity index is 2.05. The number of carbonyl (C=O) groups is 3. The van der Waals surface area contributed by atoms with E-state index in [2.05, 4.69) is 0 Å². The first-order valence-electron chi connectivity index (χ1n) is 10.0. The fourth-order valence-corrected chi connectivity index (χ4v) is 5.58. The topological polar surface area (TPSA) is 182 Å². The molecule has 3 aliphatic carbocycles. The largest absolute Gasteiger partial charge is 0.510 e. The maximum Gasteiger partial charge on any atom is 0.255 e. The van der Waals surface area contributed by atoms with Gasteiger partial charge in [-0.1, -0.05) is 19.1 Å². The third-order valence-corrected chi connectivity index (χ3v) is 6.99. The minimum absolute atomic E-state index is 0.0326. The summed E-state index contributed by atoms with van der Waals surface area (Å²) in [5, 5.41) is 54.8. The monoisotopic (exact) mass is 444 g/mol. The van der Waals surface area contributed by atoms with E-state index in [0.717, 1.165) is 0 Å². The molecule has 1 fully saturated rings. The van der Waals surface area contributed by atoms with E-state index >= 15 is 0 Å². The second kappa shape index (κ2) is 6.89. The van der Waals surface area contributed by atoms with E-state index in [0.29, 0.717) is 5.56 Å². The third kappa shape index (κ3) is 2.48. The second-order valence-corrected chi connectivity index (χ2v) is 8.79. The summed E-state index contributed by atoms with van der Waals surface area (Å²) in [6.45, 7) is 1.68. The predicted molar refractivity (Wildman–Crippen MR) is 110 cm³/mol. The van der Waals surface area contributed by atoms with Crippen molar-refractivity contribution in [1.29, 1.82) is 0 Å². The zero-order chi connectivity index (χ0) is 23.9. The van der Waals surface area contributed by atoms with Crippen molar-refractivity contribution >= 4 is 23.2 Å². The van der Waals surface area contributed by atoms with Gasteiger partial charge in [0.2, 0.25) is 11.6 Å². The van der Waals surface area contributed by atoms with E-state index in [9.17, 15) is 39.9 Å². The molecule has 0 saturated heterocycles. The van der Waals surface area contributed by atoms with Crippen molar-refractivity contribution in [2.45, 2.75) is 30.6 Å². The van der Waals surface area contributed by atoms with Gasteiger partial charge in [0.25, 0.3) is 5.91 Å². The molecule has 1 saturated carbocycles. The number of benzene rings is 1. The SMILES string of the molecule is C[C@H]1c2cccc(O)c2C(O)=C2C(=O)[C@]3(O)C(=O)C(C(N)=O)=C(O)[C@@H](N(C)C)[C@@H]3[C@@H](O)[C@@H]21. The van der Waals surface area contributed by atoms with Crippen LogP contribution in [-0.4, -0.2) is 79.7 Å². The molecule has 170 valence electrons. The van der Waals surface area contributed by atoms with Gasteiger partial charge in [-0.15, -0.1) is 0 Å². The second-order valence-electron chi connectivity index (χ2n) is 8.79. The number of nitrogens with zero attached hydrogens (tertiary/aromatic N) is 1. The van der Waals surface area contributed by atoms with Crippen LogP contribution >= 0.6 is 0 Å². The van der Waals surface area contributed by atoms with Crippen molar-refractivity contribution in [2.75, 3.05) is 14.1 Å². The lowest BCUT2D eigenvalue weighted by molar-refractivity contribution is -0.175. The molecular weight excluding hydrogens is 420 g/mol. The number of hydrogen-bond donors (Lipinski definition) is 6. The molecule has 3 aliphatic rings. The molecule has 0 bridgehead atoms. The molecule has 1 amide bonds. The average Bonchev–Trinajstić information content (AvgIpc) is 2.70. The molecule has 6 atom stereocenters. The predicted octanol–water partition coefficient (Wildman–Crippen LogP) is -0.504. The average molecular weight is 444 g/mol. The number of rotatable bonds is 2. The van der Waals surface area contributed by atoms with Crippen LogP contribution in [0, 0.1) is 11.8 Å². The molecule has 1 aromatic carbocycles. The number of carbonyl (C=O) groups excluding carboxylic acids is 3. The van der Waals surface area contributed by atoms with Crippen molar-refractivity contribution in [1.82, 2.24) is 4.90 Å². The molecule has 0 unspecified atom stereocenters. The van der Waals surface area contributed by atoms with Crippen molar-refractivity contribution < 1.29 is 39.9 Å². The third-order valence-electron chi connectivity index (χ3n) is 6.99. The molecule has 32 heavy (non-hydrogen) atoms. The highest BCUT2D eigenvalue weighted by Crippen LogP contribution is 2.55. The van der Waals surface area contributed by atoms with Crippen LogP contribution in [0.2, 0.25) is 0 Å². The van der Waals surface area contributed by atoms with Crippen molar-refractivity contribution in [3.63, 3.8) is 0 Å². The van der Waals surface area contributed by atoms with Crippen LogP contribution in [0.5, 0.6) is 5.75 Å². The summed E-state index contributed by atoms with van der Waals surface area (Å²) in [5.74, 6) is -8.92. The molecule has 10 nitrogen and oxygen atoms in total. The number of Topliss-reactive ketones (excluding diaryl/α,β-unsaturated/α-hetero) is 2. The summed E-state index contributed by atoms with van der Waals surface area (Å²) in [7, 11) is 2.96. The summed E-state index contributed by atoms with van der Waals surface area (Å²) in [5.41, 5.74) is 1.37. The first-order chi connectivity index (χ1) is 14.9. The molecule has 0 heterocycles. The quantitative estimate of drug-likeness (QED) is 0.259. The minimum atomic E-state index is -2.97. The summed E-state index contributed by atoms with van der Waals surface area (Å²) < 4.78 is 0. The molecular formula is C22H24N2O8. The Bertz CT molecular complexity index is 1140. The summed E-state index contributed by atoms with van der Waals surface area (Å²) >= 11 is 0. The lowest BCUT2D eigenvalue weighted by atomic mass is 9.54. The molecule has 4 rings (SSSR count). The number of aliphatic hydroxyl groups is 4. The van der Waals surface area contributed by atoms with Crippen LogP contribution in [0.15, 0.2) is 35.1 Å². The molecule has 7 N–H and O–H groups in total.